The van der Waals surface area contributed by atoms with Gasteiger partial charge in [0.2, 0.25) is 5.88 Å². The van der Waals surface area contributed by atoms with E-state index in [9.17, 15) is 5.11 Å². The molecule has 3 rings (SSSR count). The van der Waals surface area contributed by atoms with Crippen LogP contribution in [0.25, 0.3) is 10.9 Å². The molecule has 0 atom stereocenters. The SMILES string of the molecule is Cn1c(O)c(N=NCc2ccccc2Cl)c2ccccc21. The van der Waals surface area contributed by atoms with E-state index < -0.39 is 0 Å². The number of para-hydroxylation sites is 1. The van der Waals surface area contributed by atoms with Crippen LogP contribution in [0, 0.1) is 0 Å². The van der Waals surface area contributed by atoms with Crippen LogP contribution in [0.15, 0.2) is 58.8 Å². The summed E-state index contributed by atoms with van der Waals surface area (Å²) >= 11 is 6.08. The molecule has 3 aromatic rings. The summed E-state index contributed by atoms with van der Waals surface area (Å²) in [7, 11) is 1.80. The van der Waals surface area contributed by atoms with E-state index in [-0.39, 0.29) is 5.88 Å². The molecule has 5 heteroatoms. The van der Waals surface area contributed by atoms with Crippen molar-refractivity contribution in [2.45, 2.75) is 6.54 Å². The van der Waals surface area contributed by atoms with Crippen molar-refractivity contribution in [2.75, 3.05) is 0 Å². The number of aromatic nitrogens is 1. The lowest BCUT2D eigenvalue weighted by atomic mass is 10.2. The molecular weight excluding hydrogens is 286 g/mol. The van der Waals surface area contributed by atoms with Crippen LogP contribution in [0.1, 0.15) is 5.56 Å². The Balaban J connectivity index is 1.94. The lowest BCUT2D eigenvalue weighted by molar-refractivity contribution is 0.436. The van der Waals surface area contributed by atoms with E-state index in [0.717, 1.165) is 16.5 Å². The van der Waals surface area contributed by atoms with Crippen LogP contribution in [-0.4, -0.2) is 9.67 Å². The van der Waals surface area contributed by atoms with Gasteiger partial charge in [-0.05, 0) is 17.7 Å². The summed E-state index contributed by atoms with van der Waals surface area (Å²) in [6.45, 7) is 0.377. The number of nitrogens with zero attached hydrogens (tertiary/aromatic N) is 3. The Morgan fingerprint density at radius 1 is 1.10 bits per heavy atom. The van der Waals surface area contributed by atoms with Gasteiger partial charge in [0, 0.05) is 17.5 Å². The third-order valence-electron chi connectivity index (χ3n) is 3.42. The van der Waals surface area contributed by atoms with E-state index in [0.29, 0.717) is 17.3 Å². The first-order valence-corrected chi connectivity index (χ1v) is 6.93. The fourth-order valence-corrected chi connectivity index (χ4v) is 2.46. The second kappa shape index (κ2) is 5.58. The standard InChI is InChI=1S/C16H14ClN3O/c1-20-14-9-5-3-7-12(14)15(16(20)21)19-18-10-11-6-2-4-8-13(11)17/h2-9,21H,10H2,1H3. The molecule has 1 aromatic heterocycles. The number of hydrogen-bond acceptors (Lipinski definition) is 3. The highest BCUT2D eigenvalue weighted by molar-refractivity contribution is 6.31. The van der Waals surface area contributed by atoms with Gasteiger partial charge < -0.3 is 9.67 Å². The summed E-state index contributed by atoms with van der Waals surface area (Å²) in [5.41, 5.74) is 2.31. The lowest BCUT2D eigenvalue weighted by Gasteiger charge is -1.98. The second-order valence-corrected chi connectivity index (χ2v) is 5.15. The average molecular weight is 300 g/mol. The molecule has 106 valence electrons. The van der Waals surface area contributed by atoms with E-state index in [2.05, 4.69) is 10.2 Å². The molecule has 0 aliphatic heterocycles. The molecule has 1 heterocycles. The van der Waals surface area contributed by atoms with Crippen LogP contribution in [-0.2, 0) is 13.6 Å². The van der Waals surface area contributed by atoms with Crippen molar-refractivity contribution in [3.05, 3.63) is 59.1 Å². The van der Waals surface area contributed by atoms with Crippen LogP contribution < -0.4 is 0 Å². The van der Waals surface area contributed by atoms with Crippen LogP contribution in [0.3, 0.4) is 0 Å². The predicted octanol–water partition coefficient (Wildman–Crippen LogP) is 4.82. The Morgan fingerprint density at radius 3 is 2.62 bits per heavy atom. The Labute approximate surface area is 127 Å². The minimum atomic E-state index is 0.110. The molecule has 0 saturated carbocycles. The minimum Gasteiger partial charge on any atom is -0.493 e. The quantitative estimate of drug-likeness (QED) is 0.692. The van der Waals surface area contributed by atoms with Gasteiger partial charge in [-0.3, -0.25) is 0 Å². The number of rotatable bonds is 3. The van der Waals surface area contributed by atoms with Gasteiger partial charge in [-0.15, -0.1) is 5.11 Å². The van der Waals surface area contributed by atoms with Crippen molar-refractivity contribution in [2.24, 2.45) is 17.3 Å². The third-order valence-corrected chi connectivity index (χ3v) is 3.79. The zero-order chi connectivity index (χ0) is 14.8. The minimum absolute atomic E-state index is 0.110. The van der Waals surface area contributed by atoms with Crippen molar-refractivity contribution in [1.29, 1.82) is 0 Å². The van der Waals surface area contributed by atoms with Crippen LogP contribution in [0.2, 0.25) is 5.02 Å². The largest absolute Gasteiger partial charge is 0.493 e. The molecule has 0 saturated heterocycles. The van der Waals surface area contributed by atoms with Gasteiger partial charge in [0.15, 0.2) is 5.69 Å². The summed E-state index contributed by atoms with van der Waals surface area (Å²) in [5, 5.41) is 20.0. The number of halogens is 1. The normalized spacial score (nSPS) is 11.5. The highest BCUT2D eigenvalue weighted by Crippen LogP contribution is 2.37. The van der Waals surface area contributed by atoms with Gasteiger partial charge in [-0.25, -0.2) is 0 Å². The summed E-state index contributed by atoms with van der Waals surface area (Å²) in [6.07, 6.45) is 0. The molecule has 2 aromatic carbocycles. The number of aryl methyl sites for hydroxylation is 1. The zero-order valence-electron chi connectivity index (χ0n) is 11.5. The fraction of sp³-hybridized carbons (Fsp3) is 0.125. The van der Waals surface area contributed by atoms with Crippen LogP contribution >= 0.6 is 11.6 Å². The van der Waals surface area contributed by atoms with E-state index >= 15 is 0 Å². The van der Waals surface area contributed by atoms with Gasteiger partial charge in [0.1, 0.15) is 0 Å². The number of azo groups is 1. The highest BCUT2D eigenvalue weighted by Gasteiger charge is 2.13. The monoisotopic (exact) mass is 299 g/mol. The maximum absolute atomic E-state index is 10.2. The molecule has 0 aliphatic carbocycles. The van der Waals surface area contributed by atoms with E-state index in [1.54, 1.807) is 11.6 Å². The molecule has 0 spiro atoms. The molecule has 0 fully saturated rings. The Hall–Kier alpha value is -2.33. The smallest absolute Gasteiger partial charge is 0.220 e. The molecule has 1 N–H and O–H groups in total. The maximum Gasteiger partial charge on any atom is 0.220 e. The first-order valence-electron chi connectivity index (χ1n) is 6.56. The predicted molar refractivity (Wildman–Crippen MR) is 84.3 cm³/mol. The Kier molecular flexibility index (Phi) is 3.62. The molecule has 0 radical (unpaired) electrons. The number of aromatic hydroxyl groups is 1. The van der Waals surface area contributed by atoms with E-state index in [4.69, 9.17) is 11.6 Å². The molecule has 0 aliphatic rings. The molecule has 0 amide bonds. The second-order valence-electron chi connectivity index (χ2n) is 4.74. The molecule has 0 bridgehead atoms. The third kappa shape index (κ3) is 2.50. The first-order chi connectivity index (χ1) is 10.2. The summed E-state index contributed by atoms with van der Waals surface area (Å²) in [6, 6.07) is 15.2. The fourth-order valence-electron chi connectivity index (χ4n) is 2.27. The summed E-state index contributed by atoms with van der Waals surface area (Å²) in [5.74, 6) is 0.110. The maximum atomic E-state index is 10.2. The van der Waals surface area contributed by atoms with E-state index in [1.807, 2.05) is 48.5 Å². The molecular formula is C16H14ClN3O. The van der Waals surface area contributed by atoms with Gasteiger partial charge >= 0.3 is 0 Å². The van der Waals surface area contributed by atoms with Crippen molar-refractivity contribution in [3.63, 3.8) is 0 Å². The average Bonchev–Trinajstić information content (AvgIpc) is 2.74. The highest BCUT2D eigenvalue weighted by atomic mass is 35.5. The van der Waals surface area contributed by atoms with Crippen LogP contribution in [0.5, 0.6) is 5.88 Å². The van der Waals surface area contributed by atoms with Crippen molar-refractivity contribution in [1.82, 2.24) is 4.57 Å². The molecule has 4 nitrogen and oxygen atoms in total. The van der Waals surface area contributed by atoms with Crippen molar-refractivity contribution < 1.29 is 5.11 Å². The summed E-state index contributed by atoms with van der Waals surface area (Å²) in [4.78, 5) is 0. The van der Waals surface area contributed by atoms with Crippen LogP contribution in [0.4, 0.5) is 5.69 Å². The number of fused-ring (bicyclic) bond motifs is 1. The number of hydrogen-bond donors (Lipinski definition) is 1. The number of benzene rings is 2. The van der Waals surface area contributed by atoms with Crippen molar-refractivity contribution >= 4 is 28.2 Å². The topological polar surface area (TPSA) is 49.9 Å². The van der Waals surface area contributed by atoms with E-state index in [1.165, 1.54) is 0 Å². The zero-order valence-corrected chi connectivity index (χ0v) is 12.2. The molecule has 21 heavy (non-hydrogen) atoms. The van der Waals surface area contributed by atoms with Gasteiger partial charge in [-0.2, -0.15) is 5.11 Å². The van der Waals surface area contributed by atoms with Crippen molar-refractivity contribution in [3.8, 4) is 5.88 Å². The first kappa shape index (κ1) is 13.6. The van der Waals surface area contributed by atoms with Gasteiger partial charge in [0.05, 0.1) is 12.1 Å². The Bertz CT molecular complexity index is 824. The molecule has 0 unspecified atom stereocenters. The lowest BCUT2D eigenvalue weighted by Crippen LogP contribution is -1.84. The summed E-state index contributed by atoms with van der Waals surface area (Å²) < 4.78 is 1.69. The Morgan fingerprint density at radius 2 is 1.81 bits per heavy atom. The van der Waals surface area contributed by atoms with Gasteiger partial charge in [-0.1, -0.05) is 48.0 Å². The van der Waals surface area contributed by atoms with Gasteiger partial charge in [0.25, 0.3) is 0 Å².